The van der Waals surface area contributed by atoms with Crippen molar-refractivity contribution >= 4 is 37.5 Å². The van der Waals surface area contributed by atoms with Crippen molar-refractivity contribution in [3.8, 4) is 0 Å². The van der Waals surface area contributed by atoms with Crippen LogP contribution < -0.4 is 0 Å². The maximum absolute atomic E-state index is 12.9. The molecule has 0 bridgehead atoms. The van der Waals surface area contributed by atoms with E-state index in [0.717, 1.165) is 6.07 Å². The van der Waals surface area contributed by atoms with Gasteiger partial charge < -0.3 is 0 Å². The molecule has 0 saturated carbocycles. The average Bonchev–Trinajstić information content (AvgIpc) is 2.07. The fourth-order valence-corrected chi connectivity index (χ4v) is 1.37. The molecule has 0 atom stereocenters. The Morgan fingerprint density at radius 2 is 1.85 bits per heavy atom. The van der Waals surface area contributed by atoms with Crippen LogP contribution in [0.25, 0.3) is 0 Å². The first-order chi connectivity index (χ1) is 5.95. The molecule has 0 unspecified atom stereocenters. The third-order valence-corrected chi connectivity index (χ3v) is 3.21. The number of nitrogens with zero attached hydrogens (tertiary/aromatic N) is 1. The Bertz CT molecular complexity index is 383. The van der Waals surface area contributed by atoms with Crippen molar-refractivity contribution in [3.63, 3.8) is 0 Å². The molecule has 0 amide bonds. The minimum Gasteiger partial charge on any atom is -0.258 e. The van der Waals surface area contributed by atoms with Crippen LogP contribution in [0.1, 0.15) is 0 Å². The minimum atomic E-state index is -1.47. The van der Waals surface area contributed by atoms with E-state index in [1.54, 1.807) is 0 Å². The van der Waals surface area contributed by atoms with Crippen LogP contribution in [0, 0.1) is 21.7 Å². The number of hydrogen-bond donors (Lipinski definition) is 0. The van der Waals surface area contributed by atoms with Crippen molar-refractivity contribution in [2.75, 3.05) is 0 Å². The summed E-state index contributed by atoms with van der Waals surface area (Å²) in [5.41, 5.74) is -0.896. The topological polar surface area (TPSA) is 43.1 Å². The Morgan fingerprint density at radius 3 is 2.31 bits per heavy atom. The summed E-state index contributed by atoms with van der Waals surface area (Å²) in [5, 5.41) is 10.2. The van der Waals surface area contributed by atoms with Gasteiger partial charge in [-0.25, -0.2) is 4.39 Å². The lowest BCUT2D eigenvalue weighted by molar-refractivity contribution is -0.387. The molecule has 0 N–H and O–H groups in total. The fourth-order valence-electron chi connectivity index (χ4n) is 0.693. The fraction of sp³-hybridized carbons (Fsp3) is 0. The van der Waals surface area contributed by atoms with Crippen molar-refractivity contribution in [2.24, 2.45) is 0 Å². The SMILES string of the molecule is O=[N+]([O-])c1cc(Br)c(Br)c(F)c1F. The molecule has 1 aromatic carbocycles. The van der Waals surface area contributed by atoms with Gasteiger partial charge in [0.25, 0.3) is 0 Å². The Labute approximate surface area is 88.2 Å². The maximum Gasteiger partial charge on any atom is 0.309 e. The average molecular weight is 317 g/mol. The molecule has 13 heavy (non-hydrogen) atoms. The smallest absolute Gasteiger partial charge is 0.258 e. The van der Waals surface area contributed by atoms with Crippen LogP contribution in [0.3, 0.4) is 0 Å². The molecule has 1 rings (SSSR count). The molecule has 0 aromatic heterocycles. The third-order valence-electron chi connectivity index (χ3n) is 1.28. The summed E-state index contributed by atoms with van der Waals surface area (Å²) < 4.78 is 25.6. The predicted molar refractivity (Wildman–Crippen MR) is 48.4 cm³/mol. The summed E-state index contributed by atoms with van der Waals surface area (Å²) in [5.74, 6) is -2.75. The number of nitro benzene ring substituents is 1. The van der Waals surface area contributed by atoms with Crippen molar-refractivity contribution in [3.05, 3.63) is 36.8 Å². The Morgan fingerprint density at radius 1 is 1.31 bits per heavy atom. The summed E-state index contributed by atoms with van der Waals surface area (Å²) in [7, 11) is 0. The summed E-state index contributed by atoms with van der Waals surface area (Å²) in [6.45, 7) is 0. The molecule has 7 heteroatoms. The monoisotopic (exact) mass is 315 g/mol. The van der Waals surface area contributed by atoms with E-state index >= 15 is 0 Å². The van der Waals surface area contributed by atoms with Gasteiger partial charge in [-0.15, -0.1) is 0 Å². The van der Waals surface area contributed by atoms with Crippen LogP contribution in [0.15, 0.2) is 15.0 Å². The first kappa shape index (κ1) is 10.5. The van der Waals surface area contributed by atoms with E-state index in [2.05, 4.69) is 31.9 Å². The number of halogens is 4. The largest absolute Gasteiger partial charge is 0.309 e. The van der Waals surface area contributed by atoms with E-state index in [9.17, 15) is 18.9 Å². The highest BCUT2D eigenvalue weighted by molar-refractivity contribution is 9.13. The predicted octanol–water partition coefficient (Wildman–Crippen LogP) is 3.40. The molecular formula is C6HBr2F2NO2. The lowest BCUT2D eigenvalue weighted by atomic mass is 10.3. The van der Waals surface area contributed by atoms with Gasteiger partial charge in [-0.1, -0.05) is 0 Å². The molecule has 0 radical (unpaired) electrons. The van der Waals surface area contributed by atoms with E-state index in [4.69, 9.17) is 0 Å². The van der Waals surface area contributed by atoms with E-state index in [-0.39, 0.29) is 8.95 Å². The zero-order chi connectivity index (χ0) is 10.2. The Kier molecular flexibility index (Phi) is 2.97. The standard InChI is InChI=1S/C6HBr2F2NO2/c7-2-1-3(11(12)13)5(9)6(10)4(2)8/h1H. The van der Waals surface area contributed by atoms with Gasteiger partial charge >= 0.3 is 5.69 Å². The molecular weight excluding hydrogens is 316 g/mol. The maximum atomic E-state index is 12.9. The first-order valence-corrected chi connectivity index (χ1v) is 4.51. The quantitative estimate of drug-likeness (QED) is 0.345. The van der Waals surface area contributed by atoms with Gasteiger partial charge in [0.2, 0.25) is 5.82 Å². The van der Waals surface area contributed by atoms with Crippen LogP contribution in [-0.4, -0.2) is 4.92 Å². The molecule has 3 nitrogen and oxygen atoms in total. The highest BCUT2D eigenvalue weighted by atomic mass is 79.9. The van der Waals surface area contributed by atoms with Gasteiger partial charge in [0.05, 0.1) is 9.40 Å². The van der Waals surface area contributed by atoms with Gasteiger partial charge in [-0.3, -0.25) is 10.1 Å². The summed E-state index contributed by atoms with van der Waals surface area (Å²) in [6.07, 6.45) is 0. The molecule has 0 aliphatic carbocycles. The van der Waals surface area contributed by atoms with Gasteiger partial charge in [0, 0.05) is 10.5 Å². The van der Waals surface area contributed by atoms with Gasteiger partial charge in [-0.2, -0.15) is 4.39 Å². The van der Waals surface area contributed by atoms with E-state index in [1.165, 1.54) is 0 Å². The Hall–Kier alpha value is -0.560. The lowest BCUT2D eigenvalue weighted by Crippen LogP contribution is -1.96. The molecule has 70 valence electrons. The minimum absolute atomic E-state index is 0.0955. The zero-order valence-corrected chi connectivity index (χ0v) is 9.02. The van der Waals surface area contributed by atoms with Crippen LogP contribution in [0.2, 0.25) is 0 Å². The van der Waals surface area contributed by atoms with Crippen molar-refractivity contribution < 1.29 is 13.7 Å². The van der Waals surface area contributed by atoms with Gasteiger partial charge in [-0.05, 0) is 31.9 Å². The molecule has 0 spiro atoms. The molecule has 1 aromatic rings. The van der Waals surface area contributed by atoms with Gasteiger partial charge in [0.15, 0.2) is 5.82 Å². The molecule has 0 saturated heterocycles. The van der Waals surface area contributed by atoms with Crippen LogP contribution in [0.4, 0.5) is 14.5 Å². The van der Waals surface area contributed by atoms with E-state index in [0.29, 0.717) is 0 Å². The van der Waals surface area contributed by atoms with E-state index < -0.39 is 22.2 Å². The van der Waals surface area contributed by atoms with Gasteiger partial charge in [0.1, 0.15) is 0 Å². The van der Waals surface area contributed by atoms with Crippen LogP contribution in [0.5, 0.6) is 0 Å². The van der Waals surface area contributed by atoms with E-state index in [1.807, 2.05) is 0 Å². The molecule has 0 aliphatic heterocycles. The zero-order valence-electron chi connectivity index (χ0n) is 5.85. The second kappa shape index (κ2) is 3.67. The molecule has 0 aliphatic rings. The van der Waals surface area contributed by atoms with Crippen molar-refractivity contribution in [1.82, 2.24) is 0 Å². The first-order valence-electron chi connectivity index (χ1n) is 2.92. The van der Waals surface area contributed by atoms with Crippen molar-refractivity contribution in [1.29, 1.82) is 0 Å². The summed E-state index contributed by atoms with van der Waals surface area (Å²) >= 11 is 5.57. The van der Waals surface area contributed by atoms with Crippen LogP contribution in [-0.2, 0) is 0 Å². The lowest BCUT2D eigenvalue weighted by Gasteiger charge is -2.00. The highest BCUT2D eigenvalue weighted by Gasteiger charge is 2.23. The second-order valence-electron chi connectivity index (χ2n) is 2.08. The Balaban J connectivity index is 3.50. The highest BCUT2D eigenvalue weighted by Crippen LogP contribution is 2.33. The normalized spacial score (nSPS) is 10.2. The third kappa shape index (κ3) is 1.86. The number of hydrogen-bond acceptors (Lipinski definition) is 2. The number of nitro groups is 1. The summed E-state index contributed by atoms with van der Waals surface area (Å²) in [6, 6.07) is 0.891. The second-order valence-corrected chi connectivity index (χ2v) is 3.72. The summed E-state index contributed by atoms with van der Waals surface area (Å²) in [4.78, 5) is 9.21. The number of rotatable bonds is 1. The van der Waals surface area contributed by atoms with Crippen molar-refractivity contribution in [2.45, 2.75) is 0 Å². The number of benzene rings is 1. The molecule has 0 fully saturated rings. The molecule has 0 heterocycles. The van der Waals surface area contributed by atoms with Crippen LogP contribution >= 0.6 is 31.9 Å².